The molecule has 2 atom stereocenters. The summed E-state index contributed by atoms with van der Waals surface area (Å²) in [7, 11) is 0. The van der Waals surface area contributed by atoms with Crippen LogP contribution in [0, 0.1) is 0 Å². The van der Waals surface area contributed by atoms with Gasteiger partial charge in [-0.15, -0.1) is 0 Å². The number of carbonyl (C=O) groups excluding carboxylic acids is 2. The van der Waals surface area contributed by atoms with E-state index >= 15 is 0 Å². The molecule has 0 rings (SSSR count). The van der Waals surface area contributed by atoms with Crippen molar-refractivity contribution < 1.29 is 24.5 Å². The van der Waals surface area contributed by atoms with Crippen molar-refractivity contribution in [3.63, 3.8) is 0 Å². The van der Waals surface area contributed by atoms with E-state index < -0.39 is 12.1 Å². The maximum absolute atomic E-state index is 12.6. The lowest BCUT2D eigenvalue weighted by Gasteiger charge is -2.22. The number of amides is 1. The van der Waals surface area contributed by atoms with Gasteiger partial charge in [-0.05, 0) is 51.4 Å². The second-order valence-corrected chi connectivity index (χ2v) is 27.8. The minimum atomic E-state index is -0.662. The summed E-state index contributed by atoms with van der Waals surface area (Å²) in [6.45, 7) is 4.98. The first-order valence-corrected chi connectivity index (χ1v) is 39.9. The Morgan fingerprint density at radius 3 is 0.849 bits per heavy atom. The number of unbranched alkanes of at least 4 members (excludes halogenated alkanes) is 63. The molecule has 0 saturated carbocycles. The van der Waals surface area contributed by atoms with Gasteiger partial charge in [-0.1, -0.05) is 411 Å². The molecule has 0 spiro atoms. The molecule has 1 amide bonds. The van der Waals surface area contributed by atoms with Crippen LogP contribution in [-0.2, 0) is 14.3 Å². The summed E-state index contributed by atoms with van der Waals surface area (Å²) in [6.07, 6.45) is 96.0. The highest BCUT2D eigenvalue weighted by Gasteiger charge is 2.20. The van der Waals surface area contributed by atoms with Crippen LogP contribution < -0.4 is 5.32 Å². The number of esters is 1. The van der Waals surface area contributed by atoms with E-state index in [0.29, 0.717) is 25.9 Å². The van der Waals surface area contributed by atoms with E-state index in [1.807, 2.05) is 0 Å². The van der Waals surface area contributed by atoms with Gasteiger partial charge in [0.05, 0.1) is 25.4 Å². The molecule has 0 fully saturated rings. The minimum Gasteiger partial charge on any atom is -0.466 e. The van der Waals surface area contributed by atoms with E-state index in [0.717, 1.165) is 44.9 Å². The summed E-state index contributed by atoms with van der Waals surface area (Å²) in [5.74, 6) is -0.0118. The fourth-order valence-corrected chi connectivity index (χ4v) is 13.0. The normalized spacial score (nSPS) is 12.5. The van der Waals surface area contributed by atoms with Gasteiger partial charge in [0.2, 0.25) is 5.91 Å². The Bertz CT molecular complexity index is 1300. The molecule has 2 unspecified atom stereocenters. The number of aliphatic hydroxyl groups is 2. The monoisotopic (exact) mass is 1210 g/mol. The predicted octanol–water partition coefficient (Wildman–Crippen LogP) is 26.3. The molecule has 0 aromatic heterocycles. The average Bonchev–Trinajstić information content (AvgIpc) is 3.54. The highest BCUT2D eigenvalue weighted by Crippen LogP contribution is 2.20. The summed E-state index contributed by atoms with van der Waals surface area (Å²) < 4.78 is 5.48. The van der Waals surface area contributed by atoms with Crippen molar-refractivity contribution in [2.24, 2.45) is 0 Å². The van der Waals surface area contributed by atoms with Gasteiger partial charge in [0.15, 0.2) is 0 Å². The molecule has 3 N–H and O–H groups in total. The van der Waals surface area contributed by atoms with Crippen LogP contribution in [0.15, 0.2) is 12.2 Å². The van der Waals surface area contributed by atoms with Crippen molar-refractivity contribution in [1.82, 2.24) is 5.32 Å². The van der Waals surface area contributed by atoms with E-state index in [1.54, 1.807) is 0 Å². The van der Waals surface area contributed by atoms with Crippen molar-refractivity contribution in [2.45, 2.75) is 475 Å². The number of hydrogen-bond donors (Lipinski definition) is 3. The van der Waals surface area contributed by atoms with Gasteiger partial charge < -0.3 is 20.3 Å². The molecular weight excluding hydrogens is 1050 g/mol. The van der Waals surface area contributed by atoms with Crippen LogP contribution >= 0.6 is 0 Å². The van der Waals surface area contributed by atoms with Crippen LogP contribution in [0.2, 0.25) is 0 Å². The van der Waals surface area contributed by atoms with Crippen molar-refractivity contribution in [3.05, 3.63) is 12.2 Å². The van der Waals surface area contributed by atoms with Crippen molar-refractivity contribution in [3.8, 4) is 0 Å². The Kier molecular flexibility index (Phi) is 74.8. The molecule has 0 bridgehead atoms. The fourth-order valence-electron chi connectivity index (χ4n) is 13.0. The van der Waals surface area contributed by atoms with E-state index in [4.69, 9.17) is 4.74 Å². The number of nitrogens with one attached hydrogen (secondary N) is 1. The molecule has 0 aliphatic rings. The molecule has 0 aromatic rings. The Morgan fingerprint density at radius 1 is 0.314 bits per heavy atom. The van der Waals surface area contributed by atoms with Crippen molar-refractivity contribution >= 4 is 11.9 Å². The first kappa shape index (κ1) is 84.6. The van der Waals surface area contributed by atoms with Gasteiger partial charge in [-0.2, -0.15) is 0 Å². The van der Waals surface area contributed by atoms with Gasteiger partial charge in [0.1, 0.15) is 0 Å². The summed E-state index contributed by atoms with van der Waals surface area (Å²) in [5, 5.41) is 23.5. The van der Waals surface area contributed by atoms with Crippen LogP contribution in [0.1, 0.15) is 463 Å². The van der Waals surface area contributed by atoms with Crippen LogP contribution in [0.5, 0.6) is 0 Å². The first-order chi connectivity index (χ1) is 42.5. The molecule has 6 heteroatoms. The predicted molar refractivity (Wildman–Crippen MR) is 380 cm³/mol. The highest BCUT2D eigenvalue weighted by molar-refractivity contribution is 5.76. The second kappa shape index (κ2) is 76.1. The molecular formula is C80H157NO5. The molecule has 0 aliphatic carbocycles. The zero-order valence-electron chi connectivity index (χ0n) is 58.8. The Hall–Kier alpha value is -1.40. The quantitative estimate of drug-likeness (QED) is 0.0320. The lowest BCUT2D eigenvalue weighted by molar-refractivity contribution is -0.143. The molecule has 6 nitrogen and oxygen atoms in total. The average molecular weight is 1210 g/mol. The molecule has 0 aromatic carbocycles. The van der Waals surface area contributed by atoms with Crippen molar-refractivity contribution in [1.29, 1.82) is 0 Å². The Balaban J connectivity index is 3.33. The van der Waals surface area contributed by atoms with Gasteiger partial charge >= 0.3 is 5.97 Å². The third kappa shape index (κ3) is 71.7. The minimum absolute atomic E-state index is 0.0122. The van der Waals surface area contributed by atoms with E-state index in [2.05, 4.69) is 31.3 Å². The second-order valence-electron chi connectivity index (χ2n) is 27.8. The maximum Gasteiger partial charge on any atom is 0.305 e. The molecule has 86 heavy (non-hydrogen) atoms. The van der Waals surface area contributed by atoms with E-state index in [1.165, 1.54) is 385 Å². The number of aliphatic hydroxyl groups excluding tert-OH is 2. The number of carbonyl (C=O) groups is 2. The van der Waals surface area contributed by atoms with Gasteiger partial charge in [-0.3, -0.25) is 9.59 Å². The zero-order chi connectivity index (χ0) is 62.0. The van der Waals surface area contributed by atoms with Gasteiger partial charge in [0, 0.05) is 12.8 Å². The molecule has 0 heterocycles. The first-order valence-electron chi connectivity index (χ1n) is 39.9. The molecule has 0 aliphatic heterocycles. The van der Waals surface area contributed by atoms with E-state index in [9.17, 15) is 19.8 Å². The largest absolute Gasteiger partial charge is 0.466 e. The number of ether oxygens (including phenoxy) is 1. The number of rotatable bonds is 76. The van der Waals surface area contributed by atoms with Crippen LogP contribution in [-0.4, -0.2) is 47.4 Å². The highest BCUT2D eigenvalue weighted by atomic mass is 16.5. The third-order valence-corrected chi connectivity index (χ3v) is 19.1. The fraction of sp³-hybridized carbons (Fsp3) is 0.950. The van der Waals surface area contributed by atoms with Gasteiger partial charge in [-0.25, -0.2) is 0 Å². The third-order valence-electron chi connectivity index (χ3n) is 19.1. The lowest BCUT2D eigenvalue weighted by atomic mass is 10.0. The summed E-state index contributed by atoms with van der Waals surface area (Å²) in [5.41, 5.74) is 0. The van der Waals surface area contributed by atoms with Crippen molar-refractivity contribution in [2.75, 3.05) is 13.2 Å². The number of allylic oxidation sites excluding steroid dienone is 2. The molecule has 0 radical (unpaired) electrons. The van der Waals surface area contributed by atoms with E-state index in [-0.39, 0.29) is 18.5 Å². The number of hydrogen-bond acceptors (Lipinski definition) is 5. The zero-order valence-corrected chi connectivity index (χ0v) is 58.8. The van der Waals surface area contributed by atoms with Gasteiger partial charge in [0.25, 0.3) is 0 Å². The van der Waals surface area contributed by atoms with Crippen LogP contribution in [0.4, 0.5) is 0 Å². The Morgan fingerprint density at radius 2 is 0.547 bits per heavy atom. The van der Waals surface area contributed by atoms with Crippen LogP contribution in [0.3, 0.4) is 0 Å². The van der Waals surface area contributed by atoms with Crippen LogP contribution in [0.25, 0.3) is 0 Å². The topological polar surface area (TPSA) is 95.9 Å². The SMILES string of the molecule is CCCCC/C=C\CCCCCCCC(=O)OCCCCCCCCCCCCCCCCCCCCCCCCCCCCCCCCCCC(=O)NC(CO)C(O)CCCCCCCCCCCCCCCCCCCCCCCCCCC. The standard InChI is InChI=1S/C80H157NO5/c1-3-5-7-9-11-13-15-17-18-19-20-21-22-31-34-37-40-43-46-49-52-56-60-64-68-72-78(83)77(76-82)81-79(84)73-69-65-61-57-53-50-47-44-41-38-35-32-29-27-25-23-24-26-28-30-33-36-39-42-45-48-51-55-59-63-67-71-75-86-80(85)74-70-66-62-58-54-16-14-12-10-8-6-4-2/h12,14,77-78,82-83H,3-11,13,15-76H2,1-2H3,(H,81,84)/b14-12-. The summed E-state index contributed by atoms with van der Waals surface area (Å²) >= 11 is 0. The summed E-state index contributed by atoms with van der Waals surface area (Å²) in [4.78, 5) is 24.6. The Labute approximate surface area is 539 Å². The summed E-state index contributed by atoms with van der Waals surface area (Å²) in [6, 6.07) is -0.539. The molecule has 0 saturated heterocycles. The smallest absolute Gasteiger partial charge is 0.305 e. The lowest BCUT2D eigenvalue weighted by Crippen LogP contribution is -2.45. The molecule has 512 valence electrons. The maximum atomic E-state index is 12.6.